The highest BCUT2D eigenvalue weighted by Gasteiger charge is 2.22. The maximum Gasteiger partial charge on any atom is 0.306 e. The number of hydrogen-bond acceptors (Lipinski definition) is 8. The SMILES string of the molecule is CC/C=C\C/C=C\C/C=C\C/C=C\CCCCCCCCCCCCCCCCCCCCCCCCCCC(=O)OC(COC(=O)CCCCCCCCCCCCCCCC)COP(=O)([O-])OCC[N+](C)(C)C. The minimum Gasteiger partial charge on any atom is -0.756 e. The number of carbonyl (C=O) groups is 2. The molecular formula is C65H122NO8P. The van der Waals surface area contributed by atoms with Gasteiger partial charge in [0.25, 0.3) is 7.82 Å². The van der Waals surface area contributed by atoms with Gasteiger partial charge in [-0.25, -0.2) is 0 Å². The summed E-state index contributed by atoms with van der Waals surface area (Å²) < 4.78 is 34.2. The van der Waals surface area contributed by atoms with Gasteiger partial charge in [-0.1, -0.05) is 287 Å². The molecule has 0 aliphatic rings. The Bertz CT molecular complexity index is 1410. The molecule has 0 saturated heterocycles. The Balaban J connectivity index is 3.91. The molecule has 0 amide bonds. The van der Waals surface area contributed by atoms with E-state index in [0.717, 1.165) is 57.8 Å². The number of carbonyl (C=O) groups excluding carboxylic acids is 2. The Labute approximate surface area is 464 Å². The van der Waals surface area contributed by atoms with Gasteiger partial charge < -0.3 is 27.9 Å². The van der Waals surface area contributed by atoms with Gasteiger partial charge >= 0.3 is 11.9 Å². The molecular weight excluding hydrogens is 954 g/mol. The monoisotopic (exact) mass is 1080 g/mol. The molecule has 0 radical (unpaired) electrons. The minimum absolute atomic E-state index is 0.0277. The summed E-state index contributed by atoms with van der Waals surface area (Å²) >= 11 is 0. The summed E-state index contributed by atoms with van der Waals surface area (Å²) in [5, 5.41) is 0. The minimum atomic E-state index is -4.63. The maximum atomic E-state index is 12.8. The van der Waals surface area contributed by atoms with Crippen molar-refractivity contribution in [1.29, 1.82) is 0 Å². The number of allylic oxidation sites excluding steroid dienone is 8. The first kappa shape index (κ1) is 73.0. The number of hydrogen-bond donors (Lipinski definition) is 0. The summed E-state index contributed by atoms with van der Waals surface area (Å²) in [6.45, 7) is 4.17. The van der Waals surface area contributed by atoms with Crippen molar-refractivity contribution in [1.82, 2.24) is 0 Å². The molecule has 0 rings (SSSR count). The Hall–Kier alpha value is -2.03. The summed E-state index contributed by atoms with van der Waals surface area (Å²) in [6, 6.07) is 0. The lowest BCUT2D eigenvalue weighted by Crippen LogP contribution is -2.37. The fraction of sp³-hybridized carbons (Fsp3) is 0.846. The zero-order valence-corrected chi connectivity index (χ0v) is 50.9. The molecule has 0 aliphatic carbocycles. The molecule has 2 atom stereocenters. The van der Waals surface area contributed by atoms with Crippen LogP contribution >= 0.6 is 7.82 Å². The summed E-state index contributed by atoms with van der Waals surface area (Å²) in [5.41, 5.74) is 0. The van der Waals surface area contributed by atoms with Crippen LogP contribution in [0, 0.1) is 0 Å². The van der Waals surface area contributed by atoms with Gasteiger partial charge in [-0.3, -0.25) is 14.2 Å². The molecule has 0 aromatic carbocycles. The zero-order chi connectivity index (χ0) is 54.9. The number of unbranched alkanes of at least 4 members (excludes halogenated alkanes) is 37. The second-order valence-electron chi connectivity index (χ2n) is 22.8. The molecule has 0 aliphatic heterocycles. The van der Waals surface area contributed by atoms with Crippen LogP contribution in [0.2, 0.25) is 0 Å². The van der Waals surface area contributed by atoms with E-state index in [1.54, 1.807) is 0 Å². The third-order valence-corrected chi connectivity index (χ3v) is 15.1. The van der Waals surface area contributed by atoms with Crippen LogP contribution in [-0.2, 0) is 32.7 Å². The number of quaternary nitrogens is 1. The lowest BCUT2D eigenvalue weighted by molar-refractivity contribution is -0.870. The average Bonchev–Trinajstić information content (AvgIpc) is 3.37. The molecule has 75 heavy (non-hydrogen) atoms. The van der Waals surface area contributed by atoms with Crippen molar-refractivity contribution in [2.24, 2.45) is 0 Å². The Morgan fingerprint density at radius 3 is 1.13 bits per heavy atom. The standard InChI is InChI=1S/C65H122NO8P/c1-6-8-10-12-14-16-18-20-22-23-24-25-26-27-28-29-30-31-32-33-34-35-36-37-38-39-40-41-42-43-44-46-48-50-52-54-56-58-65(68)74-63(62-73-75(69,70)72-60-59-66(3,4)5)61-71-64(67)57-55-53-51-49-47-45-21-19-17-15-13-11-9-7-2/h8,10,14,16,20,22,24-25,63H,6-7,9,11-13,15,17-19,21,23,26-62H2,1-5H3/b10-8-,16-14-,22-20-,25-24-. The number of phosphoric ester groups is 1. The molecule has 0 bridgehead atoms. The second kappa shape index (κ2) is 56.7. The lowest BCUT2D eigenvalue weighted by Gasteiger charge is -2.28. The van der Waals surface area contributed by atoms with Gasteiger partial charge in [0.15, 0.2) is 6.10 Å². The van der Waals surface area contributed by atoms with E-state index in [1.807, 2.05) is 21.1 Å². The van der Waals surface area contributed by atoms with E-state index in [1.165, 1.54) is 212 Å². The van der Waals surface area contributed by atoms with Gasteiger partial charge in [-0.05, 0) is 51.4 Å². The first-order valence-electron chi connectivity index (χ1n) is 31.8. The zero-order valence-electron chi connectivity index (χ0n) is 50.0. The van der Waals surface area contributed by atoms with Crippen LogP contribution < -0.4 is 4.89 Å². The van der Waals surface area contributed by atoms with Crippen molar-refractivity contribution in [3.63, 3.8) is 0 Å². The molecule has 0 fully saturated rings. The number of phosphoric acid groups is 1. The summed E-state index contributed by atoms with van der Waals surface area (Å²) in [5.74, 6) is -0.816. The van der Waals surface area contributed by atoms with Gasteiger partial charge in [0.1, 0.15) is 19.8 Å². The van der Waals surface area contributed by atoms with Gasteiger partial charge in [0.05, 0.1) is 27.7 Å². The molecule has 0 heterocycles. The van der Waals surface area contributed by atoms with Crippen molar-refractivity contribution >= 4 is 19.8 Å². The van der Waals surface area contributed by atoms with E-state index in [2.05, 4.69) is 62.5 Å². The summed E-state index contributed by atoms with van der Waals surface area (Å²) in [4.78, 5) is 37.8. The van der Waals surface area contributed by atoms with Crippen LogP contribution in [-0.4, -0.2) is 70.0 Å². The van der Waals surface area contributed by atoms with E-state index < -0.39 is 26.5 Å². The van der Waals surface area contributed by atoms with E-state index in [4.69, 9.17) is 18.5 Å². The molecule has 0 spiro atoms. The van der Waals surface area contributed by atoms with Gasteiger partial charge in [-0.15, -0.1) is 0 Å². The molecule has 10 heteroatoms. The average molecular weight is 1080 g/mol. The van der Waals surface area contributed by atoms with Crippen LogP contribution in [0.1, 0.15) is 303 Å². The quantitative estimate of drug-likeness (QED) is 0.0195. The second-order valence-corrected chi connectivity index (χ2v) is 24.2. The number of rotatable bonds is 59. The first-order chi connectivity index (χ1) is 36.5. The molecule has 0 aromatic heterocycles. The fourth-order valence-corrected chi connectivity index (χ4v) is 9.97. The fourth-order valence-electron chi connectivity index (χ4n) is 9.24. The topological polar surface area (TPSA) is 111 Å². The predicted octanol–water partition coefficient (Wildman–Crippen LogP) is 19.5. The third kappa shape index (κ3) is 61.1. The highest BCUT2D eigenvalue weighted by atomic mass is 31.2. The molecule has 0 aromatic rings. The van der Waals surface area contributed by atoms with Crippen molar-refractivity contribution in [3.8, 4) is 0 Å². The van der Waals surface area contributed by atoms with Gasteiger partial charge in [0, 0.05) is 12.8 Å². The molecule has 2 unspecified atom stereocenters. The first-order valence-corrected chi connectivity index (χ1v) is 33.3. The van der Waals surface area contributed by atoms with Crippen LogP contribution in [0.15, 0.2) is 48.6 Å². The molecule has 440 valence electrons. The van der Waals surface area contributed by atoms with Crippen molar-refractivity contribution in [2.75, 3.05) is 47.5 Å². The highest BCUT2D eigenvalue weighted by Crippen LogP contribution is 2.38. The Kier molecular flexibility index (Phi) is 55.1. The summed E-state index contributed by atoms with van der Waals surface area (Å²) in [6.07, 6.45) is 71.9. The normalized spacial score (nSPS) is 13.5. The van der Waals surface area contributed by atoms with Gasteiger partial charge in [-0.2, -0.15) is 0 Å². The predicted molar refractivity (Wildman–Crippen MR) is 319 cm³/mol. The Morgan fingerprint density at radius 1 is 0.427 bits per heavy atom. The van der Waals surface area contributed by atoms with E-state index in [-0.39, 0.29) is 32.0 Å². The van der Waals surface area contributed by atoms with Crippen molar-refractivity contribution in [2.45, 2.75) is 309 Å². The van der Waals surface area contributed by atoms with Crippen molar-refractivity contribution in [3.05, 3.63) is 48.6 Å². The van der Waals surface area contributed by atoms with Crippen LogP contribution in [0.5, 0.6) is 0 Å². The maximum absolute atomic E-state index is 12.8. The molecule has 9 nitrogen and oxygen atoms in total. The highest BCUT2D eigenvalue weighted by molar-refractivity contribution is 7.45. The van der Waals surface area contributed by atoms with E-state index in [0.29, 0.717) is 17.4 Å². The third-order valence-electron chi connectivity index (χ3n) is 14.1. The Morgan fingerprint density at radius 2 is 0.760 bits per heavy atom. The van der Waals surface area contributed by atoms with Crippen LogP contribution in [0.25, 0.3) is 0 Å². The summed E-state index contributed by atoms with van der Waals surface area (Å²) in [7, 11) is 1.18. The lowest BCUT2D eigenvalue weighted by atomic mass is 10.0. The number of ether oxygens (including phenoxy) is 2. The van der Waals surface area contributed by atoms with E-state index in [9.17, 15) is 19.0 Å². The smallest absolute Gasteiger partial charge is 0.306 e. The molecule has 0 saturated carbocycles. The van der Waals surface area contributed by atoms with E-state index >= 15 is 0 Å². The van der Waals surface area contributed by atoms with Crippen molar-refractivity contribution < 1.29 is 42.1 Å². The largest absolute Gasteiger partial charge is 0.756 e. The number of nitrogens with zero attached hydrogens (tertiary/aromatic N) is 1. The number of esters is 2. The molecule has 0 N–H and O–H groups in total. The van der Waals surface area contributed by atoms with Gasteiger partial charge in [0.2, 0.25) is 0 Å². The van der Waals surface area contributed by atoms with Crippen LogP contribution in [0.4, 0.5) is 0 Å². The van der Waals surface area contributed by atoms with Crippen LogP contribution in [0.3, 0.4) is 0 Å². The number of likely N-dealkylation sites (N-methyl/N-ethyl adjacent to an activating group) is 1.